The number of amides is 3. The summed E-state index contributed by atoms with van der Waals surface area (Å²) < 4.78 is 28.1. The number of fused-ring (bicyclic) bond motifs is 2. The number of benzene rings is 6. The molecule has 376 valence electrons. The van der Waals surface area contributed by atoms with Crippen LogP contribution in [0.5, 0.6) is 11.5 Å². The van der Waals surface area contributed by atoms with Gasteiger partial charge in [0, 0.05) is 18.8 Å². The average Bonchev–Trinajstić information content (AvgIpc) is 3.96. The number of hydrogen-bond acceptors (Lipinski definition) is 9. The monoisotopic (exact) mass is 973 g/mol. The first-order chi connectivity index (χ1) is 34.2. The first kappa shape index (κ1) is 52.2. The molecule has 0 aromatic heterocycles. The van der Waals surface area contributed by atoms with Crippen molar-refractivity contribution in [3.63, 3.8) is 0 Å². The summed E-state index contributed by atoms with van der Waals surface area (Å²) in [5.41, 5.74) is 8.47. The molecule has 6 aromatic carbocycles. The molecule has 1 N–H and O–H groups in total. The SMILES string of the molecule is CC(C)(C)OC(=O)C[C@@H](NC(=O)OC(C)(C)C)C(=O)N1CCc2cc(-c3ccc(OCc4ccccc4)cc3)ccc21.CC(C)(C)OC(=O)N1CCc2cc(-c3ccc(OCc4ccccc4)cc3)ccc21. The minimum Gasteiger partial charge on any atom is -0.489 e. The number of carbonyl (C=O) groups is 4. The highest BCUT2D eigenvalue weighted by atomic mass is 16.6. The van der Waals surface area contributed by atoms with Crippen LogP contribution in [-0.4, -0.2) is 60.0 Å². The van der Waals surface area contributed by atoms with Crippen LogP contribution in [0, 0.1) is 0 Å². The van der Waals surface area contributed by atoms with Crippen LogP contribution in [0.15, 0.2) is 146 Å². The highest BCUT2D eigenvalue weighted by Gasteiger charge is 2.35. The van der Waals surface area contributed by atoms with Crippen molar-refractivity contribution >= 4 is 35.4 Å². The summed E-state index contributed by atoms with van der Waals surface area (Å²) in [6.45, 7) is 18.3. The van der Waals surface area contributed by atoms with Crippen molar-refractivity contribution in [2.75, 3.05) is 22.9 Å². The maximum absolute atomic E-state index is 13.7. The van der Waals surface area contributed by atoms with Gasteiger partial charge < -0.3 is 33.9 Å². The predicted octanol–water partition coefficient (Wildman–Crippen LogP) is 12.7. The molecule has 0 aliphatic carbocycles. The van der Waals surface area contributed by atoms with Crippen LogP contribution in [0.4, 0.5) is 21.0 Å². The van der Waals surface area contributed by atoms with Crippen molar-refractivity contribution in [1.82, 2.24) is 5.32 Å². The Bertz CT molecular complexity index is 2780. The predicted molar refractivity (Wildman–Crippen MR) is 282 cm³/mol. The third-order valence-electron chi connectivity index (χ3n) is 11.5. The maximum Gasteiger partial charge on any atom is 0.414 e. The molecular weight excluding hydrogens is 907 g/mol. The second-order valence-electron chi connectivity index (χ2n) is 20.9. The van der Waals surface area contributed by atoms with E-state index in [1.54, 1.807) is 51.3 Å². The molecule has 0 saturated carbocycles. The van der Waals surface area contributed by atoms with E-state index in [0.29, 0.717) is 32.7 Å². The van der Waals surface area contributed by atoms with Gasteiger partial charge in [-0.2, -0.15) is 0 Å². The molecule has 1 atom stereocenters. The van der Waals surface area contributed by atoms with Crippen LogP contribution >= 0.6 is 0 Å². The lowest BCUT2D eigenvalue weighted by Crippen LogP contribution is -2.50. The molecule has 6 aromatic rings. The zero-order chi connectivity index (χ0) is 51.6. The third kappa shape index (κ3) is 15.0. The molecule has 0 radical (unpaired) electrons. The molecule has 0 spiro atoms. The highest BCUT2D eigenvalue weighted by Crippen LogP contribution is 2.36. The van der Waals surface area contributed by atoms with Gasteiger partial charge in [-0.15, -0.1) is 0 Å². The van der Waals surface area contributed by atoms with Crippen molar-refractivity contribution in [2.24, 2.45) is 0 Å². The van der Waals surface area contributed by atoms with Gasteiger partial charge in [0.2, 0.25) is 5.91 Å². The molecule has 2 aliphatic rings. The number of hydrogen-bond donors (Lipinski definition) is 1. The molecule has 0 bridgehead atoms. The number of nitrogens with one attached hydrogen (secondary N) is 1. The van der Waals surface area contributed by atoms with Gasteiger partial charge in [0.05, 0.1) is 12.1 Å². The van der Waals surface area contributed by atoms with Crippen molar-refractivity contribution < 1.29 is 42.9 Å². The normalized spacial score (nSPS) is 13.4. The Morgan fingerprint density at radius 3 is 1.36 bits per heavy atom. The Labute approximate surface area is 424 Å². The smallest absolute Gasteiger partial charge is 0.414 e. The Balaban J connectivity index is 0.000000223. The molecular formula is C60H67N3O9. The number of carbonyl (C=O) groups excluding carboxylic acids is 4. The third-order valence-corrected chi connectivity index (χ3v) is 11.5. The Morgan fingerprint density at radius 1 is 0.500 bits per heavy atom. The molecule has 8 rings (SSSR count). The van der Waals surface area contributed by atoms with Gasteiger partial charge in [0.1, 0.15) is 47.6 Å². The summed E-state index contributed by atoms with van der Waals surface area (Å²) >= 11 is 0. The van der Waals surface area contributed by atoms with E-state index < -0.39 is 40.8 Å². The standard InChI is InChI=1S/C34H40N2O6.C26H27NO3/c1-33(2,3)41-30(37)21-28(35-32(39)42-34(4,5)6)31(38)36-19-18-26-20-25(14-17-29(26)36)24-12-15-27(16-13-24)40-22-23-10-8-7-9-11-23;1-26(2,3)30-25(28)27-16-15-22-17-21(11-14-24(22)27)20-9-12-23(13-10-20)29-18-19-7-5-4-6-8-19/h7-17,20,28H,18-19,21-22H2,1-6H3,(H,35,39);4-14,17H,15-16,18H2,1-3H3/t28-;/m1./s1. The van der Waals surface area contributed by atoms with Crippen LogP contribution in [0.2, 0.25) is 0 Å². The van der Waals surface area contributed by atoms with Crippen LogP contribution < -0.4 is 24.6 Å². The number of ether oxygens (including phenoxy) is 5. The van der Waals surface area contributed by atoms with E-state index in [2.05, 4.69) is 47.8 Å². The first-order valence-corrected chi connectivity index (χ1v) is 24.5. The number of rotatable bonds is 12. The molecule has 2 heterocycles. The van der Waals surface area contributed by atoms with Crippen LogP contribution in [0.25, 0.3) is 22.3 Å². The number of alkyl carbamates (subject to hydrolysis) is 1. The molecule has 2 aliphatic heterocycles. The highest BCUT2D eigenvalue weighted by molar-refractivity contribution is 6.02. The second-order valence-corrected chi connectivity index (χ2v) is 20.9. The van der Waals surface area contributed by atoms with E-state index in [1.807, 2.05) is 124 Å². The van der Waals surface area contributed by atoms with Crippen LogP contribution in [-0.2, 0) is 49.9 Å². The number of esters is 1. The topological polar surface area (TPSA) is 133 Å². The summed E-state index contributed by atoms with van der Waals surface area (Å²) in [6.07, 6.45) is 0.126. The van der Waals surface area contributed by atoms with Crippen LogP contribution in [0.1, 0.15) is 91.0 Å². The van der Waals surface area contributed by atoms with Gasteiger partial charge >= 0.3 is 18.2 Å². The van der Waals surface area contributed by atoms with E-state index >= 15 is 0 Å². The second kappa shape index (κ2) is 22.6. The van der Waals surface area contributed by atoms with Gasteiger partial charge in [0.25, 0.3) is 0 Å². The Kier molecular flexibility index (Phi) is 16.4. The van der Waals surface area contributed by atoms with Crippen molar-refractivity contribution in [3.05, 3.63) is 168 Å². The molecule has 3 amide bonds. The van der Waals surface area contributed by atoms with Crippen LogP contribution in [0.3, 0.4) is 0 Å². The van der Waals surface area contributed by atoms with Gasteiger partial charge in [-0.3, -0.25) is 14.5 Å². The lowest BCUT2D eigenvalue weighted by molar-refractivity contribution is -0.156. The molecule has 0 saturated heterocycles. The fourth-order valence-corrected chi connectivity index (χ4v) is 8.26. The lowest BCUT2D eigenvalue weighted by atomic mass is 10.0. The van der Waals surface area contributed by atoms with E-state index in [-0.39, 0.29) is 12.5 Å². The molecule has 0 fully saturated rings. The minimum absolute atomic E-state index is 0.283. The van der Waals surface area contributed by atoms with Crippen molar-refractivity contribution in [3.8, 4) is 33.8 Å². The Hall–Kier alpha value is -7.60. The summed E-state index contributed by atoms with van der Waals surface area (Å²) in [6, 6.07) is 47.3. The van der Waals surface area contributed by atoms with Gasteiger partial charge in [0.15, 0.2) is 0 Å². The first-order valence-electron chi connectivity index (χ1n) is 24.5. The zero-order valence-electron chi connectivity index (χ0n) is 43.0. The summed E-state index contributed by atoms with van der Waals surface area (Å²) in [5, 5.41) is 2.60. The van der Waals surface area contributed by atoms with Crippen molar-refractivity contribution in [1.29, 1.82) is 0 Å². The van der Waals surface area contributed by atoms with E-state index in [9.17, 15) is 19.2 Å². The number of anilines is 2. The molecule has 72 heavy (non-hydrogen) atoms. The molecule has 12 heteroatoms. The van der Waals surface area contributed by atoms with E-state index in [1.165, 1.54) is 5.56 Å². The summed E-state index contributed by atoms with van der Waals surface area (Å²) in [5.74, 6) is 0.662. The van der Waals surface area contributed by atoms with Gasteiger partial charge in [-0.25, -0.2) is 9.59 Å². The summed E-state index contributed by atoms with van der Waals surface area (Å²) in [4.78, 5) is 54.7. The van der Waals surface area contributed by atoms with Gasteiger partial charge in [-0.1, -0.05) is 97.1 Å². The number of nitrogens with zero attached hydrogens (tertiary/aromatic N) is 2. The van der Waals surface area contributed by atoms with E-state index in [0.717, 1.165) is 68.2 Å². The van der Waals surface area contributed by atoms with Gasteiger partial charge in [-0.05, 0) is 168 Å². The lowest BCUT2D eigenvalue weighted by Gasteiger charge is -2.27. The fraction of sp³-hybridized carbons (Fsp3) is 0.333. The average molecular weight is 974 g/mol. The summed E-state index contributed by atoms with van der Waals surface area (Å²) in [7, 11) is 0. The maximum atomic E-state index is 13.7. The zero-order valence-corrected chi connectivity index (χ0v) is 43.0. The quantitative estimate of drug-likeness (QED) is 0.0940. The Morgan fingerprint density at radius 2 is 0.917 bits per heavy atom. The fourth-order valence-electron chi connectivity index (χ4n) is 8.26. The molecule has 12 nitrogen and oxygen atoms in total. The van der Waals surface area contributed by atoms with Crippen molar-refractivity contribution in [2.45, 2.75) is 118 Å². The minimum atomic E-state index is -1.14. The molecule has 0 unspecified atom stereocenters. The largest absolute Gasteiger partial charge is 0.489 e. The van der Waals surface area contributed by atoms with E-state index in [4.69, 9.17) is 23.7 Å².